The highest BCUT2D eigenvalue weighted by atomic mass is 127. The Bertz CT molecular complexity index is 589. The van der Waals surface area contributed by atoms with Gasteiger partial charge < -0.3 is 15.1 Å². The van der Waals surface area contributed by atoms with E-state index in [4.69, 9.17) is 4.99 Å². The van der Waals surface area contributed by atoms with E-state index in [1.165, 1.54) is 51.6 Å². The number of hydrogen-bond acceptors (Lipinski definition) is 4. The van der Waals surface area contributed by atoms with Crippen LogP contribution in [0.4, 0.5) is 0 Å². The van der Waals surface area contributed by atoms with Gasteiger partial charge in [-0.2, -0.15) is 0 Å². The third-order valence-electron chi connectivity index (χ3n) is 5.69. The largest absolute Gasteiger partial charge is 0.357 e. The summed E-state index contributed by atoms with van der Waals surface area (Å²) < 4.78 is 22.9. The van der Waals surface area contributed by atoms with Gasteiger partial charge in [0.15, 0.2) is 5.96 Å². The highest BCUT2D eigenvalue weighted by molar-refractivity contribution is 14.0. The molecule has 0 bridgehead atoms. The van der Waals surface area contributed by atoms with Crippen molar-refractivity contribution in [1.82, 2.24) is 15.1 Å². The van der Waals surface area contributed by atoms with Crippen molar-refractivity contribution in [3.8, 4) is 0 Å². The molecule has 2 rings (SSSR count). The van der Waals surface area contributed by atoms with Gasteiger partial charge in [-0.15, -0.1) is 24.0 Å². The van der Waals surface area contributed by atoms with Gasteiger partial charge in [0.2, 0.25) is 0 Å². The zero-order chi connectivity index (χ0) is 19.9. The fourth-order valence-electron chi connectivity index (χ4n) is 3.94. The van der Waals surface area contributed by atoms with Crippen LogP contribution in [0.25, 0.3) is 0 Å². The van der Waals surface area contributed by atoms with Crippen molar-refractivity contribution < 1.29 is 8.42 Å². The predicted molar refractivity (Wildman–Crippen MR) is 129 cm³/mol. The molecule has 8 heteroatoms. The minimum atomic E-state index is -2.92. The monoisotopic (exact) mass is 528 g/mol. The number of sulfone groups is 1. The first-order chi connectivity index (χ1) is 12.7. The number of likely N-dealkylation sites (tertiary alicyclic amines) is 2. The van der Waals surface area contributed by atoms with Gasteiger partial charge in [-0.3, -0.25) is 4.99 Å². The number of nitrogens with zero attached hydrogens (tertiary/aromatic N) is 3. The zero-order valence-corrected chi connectivity index (χ0v) is 21.4. The van der Waals surface area contributed by atoms with Crippen LogP contribution in [0, 0.1) is 11.3 Å². The third kappa shape index (κ3) is 9.61. The van der Waals surface area contributed by atoms with Crippen LogP contribution in [0.5, 0.6) is 0 Å². The number of piperidine rings is 1. The molecule has 2 aliphatic rings. The van der Waals surface area contributed by atoms with Crippen molar-refractivity contribution in [2.45, 2.75) is 52.9 Å². The summed E-state index contributed by atoms with van der Waals surface area (Å²) in [4.78, 5) is 9.90. The Kier molecular flexibility index (Phi) is 11.1. The maximum Gasteiger partial charge on any atom is 0.193 e. The third-order valence-corrected chi connectivity index (χ3v) is 6.64. The lowest BCUT2D eigenvalue weighted by Gasteiger charge is -2.29. The van der Waals surface area contributed by atoms with Crippen molar-refractivity contribution in [2.24, 2.45) is 16.3 Å². The van der Waals surface area contributed by atoms with Gasteiger partial charge in [0.05, 0.1) is 5.75 Å². The molecule has 0 amide bonds. The smallest absolute Gasteiger partial charge is 0.193 e. The van der Waals surface area contributed by atoms with Crippen molar-refractivity contribution in [3.63, 3.8) is 0 Å². The number of guanidine groups is 1. The normalized spacial score (nSPS) is 22.2. The minimum Gasteiger partial charge on any atom is -0.357 e. The second kappa shape index (κ2) is 11.9. The maximum atomic E-state index is 11.5. The second-order valence-electron chi connectivity index (χ2n) is 9.18. The van der Waals surface area contributed by atoms with Crippen LogP contribution in [0.2, 0.25) is 0 Å². The van der Waals surface area contributed by atoms with Crippen LogP contribution in [-0.4, -0.2) is 82.0 Å². The average molecular weight is 529 g/mol. The van der Waals surface area contributed by atoms with E-state index in [9.17, 15) is 8.42 Å². The summed E-state index contributed by atoms with van der Waals surface area (Å²) in [5.74, 6) is 1.95. The lowest BCUT2D eigenvalue weighted by molar-refractivity contribution is 0.198. The summed E-state index contributed by atoms with van der Waals surface area (Å²) in [6, 6.07) is 0. The summed E-state index contributed by atoms with van der Waals surface area (Å²) >= 11 is 0. The lowest BCUT2D eigenvalue weighted by atomic mass is 9.90. The number of aliphatic imine (C=N–C) groups is 1. The van der Waals surface area contributed by atoms with Gasteiger partial charge in [0.1, 0.15) is 9.84 Å². The van der Waals surface area contributed by atoms with E-state index in [-0.39, 0.29) is 35.1 Å². The topological polar surface area (TPSA) is 65.0 Å². The number of halogens is 1. The van der Waals surface area contributed by atoms with Crippen molar-refractivity contribution in [2.75, 3.05) is 57.8 Å². The van der Waals surface area contributed by atoms with E-state index in [0.717, 1.165) is 31.5 Å². The van der Waals surface area contributed by atoms with Crippen LogP contribution in [0.3, 0.4) is 0 Å². The SMILES string of the molecule is CCNC(=NCC(C)(C)CCS(C)(=O)=O)N1CCC(CN2CCCCC2)C1.I. The summed E-state index contributed by atoms with van der Waals surface area (Å²) in [5.41, 5.74) is -0.114. The standard InChI is InChI=1S/C20H40N4O2S.HI/c1-5-21-19(22-17-20(2,3)10-14-27(4,25)26)24-13-9-18(16-24)15-23-11-7-6-8-12-23;/h18H,5-17H2,1-4H3,(H,21,22);1H. The average Bonchev–Trinajstić information content (AvgIpc) is 3.06. The molecule has 28 heavy (non-hydrogen) atoms. The van der Waals surface area contributed by atoms with Crippen molar-refractivity contribution in [3.05, 3.63) is 0 Å². The van der Waals surface area contributed by atoms with Crippen LogP contribution >= 0.6 is 24.0 Å². The maximum absolute atomic E-state index is 11.5. The Morgan fingerprint density at radius 2 is 1.86 bits per heavy atom. The van der Waals surface area contributed by atoms with E-state index in [2.05, 4.69) is 35.9 Å². The van der Waals surface area contributed by atoms with Gasteiger partial charge in [-0.1, -0.05) is 20.3 Å². The van der Waals surface area contributed by atoms with Crippen molar-refractivity contribution in [1.29, 1.82) is 0 Å². The molecule has 6 nitrogen and oxygen atoms in total. The Morgan fingerprint density at radius 3 is 2.46 bits per heavy atom. The van der Waals surface area contributed by atoms with E-state index >= 15 is 0 Å². The summed E-state index contributed by atoms with van der Waals surface area (Å²) in [7, 11) is -2.92. The first-order valence-electron chi connectivity index (χ1n) is 10.6. The molecule has 0 spiro atoms. The Balaban J connectivity index is 0.00000392. The molecule has 0 radical (unpaired) electrons. The molecule has 2 aliphatic heterocycles. The summed E-state index contributed by atoms with van der Waals surface area (Å²) in [6.07, 6.45) is 7.28. The summed E-state index contributed by atoms with van der Waals surface area (Å²) in [5, 5.41) is 3.44. The number of nitrogens with one attached hydrogen (secondary N) is 1. The fourth-order valence-corrected chi connectivity index (χ4v) is 4.86. The molecule has 0 aromatic heterocycles. The molecule has 166 valence electrons. The van der Waals surface area contributed by atoms with Crippen LogP contribution < -0.4 is 5.32 Å². The first kappa shape index (κ1) is 25.9. The van der Waals surface area contributed by atoms with Gasteiger partial charge in [-0.25, -0.2) is 8.42 Å². The molecule has 2 saturated heterocycles. The lowest BCUT2D eigenvalue weighted by Crippen LogP contribution is -2.42. The molecule has 0 aromatic carbocycles. The molecule has 1 unspecified atom stereocenters. The number of hydrogen-bond donors (Lipinski definition) is 1. The molecular weight excluding hydrogens is 487 g/mol. The predicted octanol–water partition coefficient (Wildman–Crippen LogP) is 2.84. The molecular formula is C20H41IN4O2S. The van der Waals surface area contributed by atoms with Gasteiger partial charge in [-0.05, 0) is 57.0 Å². The Hall–Kier alpha value is -0.0900. The summed E-state index contributed by atoms with van der Waals surface area (Å²) in [6.45, 7) is 13.7. The van der Waals surface area contributed by atoms with Crippen molar-refractivity contribution >= 4 is 39.8 Å². The molecule has 2 fully saturated rings. The quantitative estimate of drug-likeness (QED) is 0.298. The Labute approximate surface area is 189 Å². The van der Waals surface area contributed by atoms with E-state index in [0.29, 0.717) is 13.0 Å². The fraction of sp³-hybridized carbons (Fsp3) is 0.950. The molecule has 1 N–H and O–H groups in total. The van der Waals surface area contributed by atoms with E-state index < -0.39 is 9.84 Å². The minimum absolute atomic E-state index is 0. The molecule has 0 aliphatic carbocycles. The van der Waals surface area contributed by atoms with Gasteiger partial charge in [0.25, 0.3) is 0 Å². The van der Waals surface area contributed by atoms with Crippen LogP contribution in [-0.2, 0) is 9.84 Å². The molecule has 1 atom stereocenters. The number of rotatable bonds is 8. The van der Waals surface area contributed by atoms with E-state index in [1.54, 1.807) is 0 Å². The van der Waals surface area contributed by atoms with Crippen LogP contribution in [0.15, 0.2) is 4.99 Å². The zero-order valence-electron chi connectivity index (χ0n) is 18.2. The first-order valence-corrected chi connectivity index (χ1v) is 12.7. The van der Waals surface area contributed by atoms with Gasteiger partial charge >= 0.3 is 0 Å². The van der Waals surface area contributed by atoms with E-state index in [1.807, 2.05) is 0 Å². The Morgan fingerprint density at radius 1 is 1.18 bits per heavy atom. The highest BCUT2D eigenvalue weighted by Crippen LogP contribution is 2.23. The van der Waals surface area contributed by atoms with Gasteiger partial charge in [0, 0.05) is 39.0 Å². The molecule has 0 aromatic rings. The highest BCUT2D eigenvalue weighted by Gasteiger charge is 2.28. The molecule has 2 heterocycles. The van der Waals surface area contributed by atoms with Crippen LogP contribution in [0.1, 0.15) is 52.9 Å². The molecule has 0 saturated carbocycles. The second-order valence-corrected chi connectivity index (χ2v) is 11.4.